The molecule has 1 aromatic carbocycles. The van der Waals surface area contributed by atoms with Crippen LogP contribution in [-0.2, 0) is 6.42 Å². The van der Waals surface area contributed by atoms with Gasteiger partial charge in [0.15, 0.2) is 11.6 Å². The standard InChI is InChI=1S/C8H10FNO/c9-7-5-6(3-4-10)1-2-8(7)11/h1-2,5,11H,3-4,10H2. The molecule has 0 radical (unpaired) electrons. The average Bonchev–Trinajstić information content (AvgIpc) is 1.98. The molecule has 0 saturated carbocycles. The molecule has 0 atom stereocenters. The molecule has 1 rings (SSSR count). The lowest BCUT2D eigenvalue weighted by Crippen LogP contribution is -2.02. The van der Waals surface area contributed by atoms with Crippen LogP contribution in [0.5, 0.6) is 5.75 Å². The fraction of sp³-hybridized carbons (Fsp3) is 0.250. The molecule has 0 heterocycles. The molecule has 0 aliphatic rings. The summed E-state index contributed by atoms with van der Waals surface area (Å²) < 4.78 is 12.6. The molecule has 60 valence electrons. The van der Waals surface area contributed by atoms with E-state index in [-0.39, 0.29) is 5.75 Å². The predicted molar refractivity (Wildman–Crippen MR) is 40.8 cm³/mol. The van der Waals surface area contributed by atoms with E-state index in [1.54, 1.807) is 6.07 Å². The van der Waals surface area contributed by atoms with Crippen LogP contribution in [0.15, 0.2) is 18.2 Å². The highest BCUT2D eigenvalue weighted by atomic mass is 19.1. The highest BCUT2D eigenvalue weighted by molar-refractivity contribution is 5.28. The van der Waals surface area contributed by atoms with Crippen molar-refractivity contribution in [2.24, 2.45) is 5.73 Å². The molecule has 3 heteroatoms. The monoisotopic (exact) mass is 155 g/mol. The second-order valence-electron chi connectivity index (χ2n) is 2.32. The van der Waals surface area contributed by atoms with Gasteiger partial charge in [-0.3, -0.25) is 0 Å². The third-order valence-electron chi connectivity index (χ3n) is 1.45. The van der Waals surface area contributed by atoms with Crippen molar-refractivity contribution in [2.75, 3.05) is 6.54 Å². The quantitative estimate of drug-likeness (QED) is 0.670. The number of aromatic hydroxyl groups is 1. The Balaban J connectivity index is 2.86. The van der Waals surface area contributed by atoms with Crippen LogP contribution < -0.4 is 5.73 Å². The van der Waals surface area contributed by atoms with E-state index in [4.69, 9.17) is 10.8 Å². The van der Waals surface area contributed by atoms with Gasteiger partial charge in [-0.05, 0) is 30.7 Å². The Morgan fingerprint density at radius 2 is 2.18 bits per heavy atom. The van der Waals surface area contributed by atoms with Gasteiger partial charge in [-0.1, -0.05) is 6.07 Å². The first-order valence-corrected chi connectivity index (χ1v) is 3.41. The van der Waals surface area contributed by atoms with Crippen molar-refractivity contribution in [2.45, 2.75) is 6.42 Å². The van der Waals surface area contributed by atoms with Crippen molar-refractivity contribution < 1.29 is 9.50 Å². The number of phenols is 1. The van der Waals surface area contributed by atoms with Gasteiger partial charge in [0.2, 0.25) is 0 Å². The normalized spacial score (nSPS) is 10.0. The molecule has 0 aliphatic heterocycles. The zero-order chi connectivity index (χ0) is 8.27. The molecule has 0 aliphatic carbocycles. The summed E-state index contributed by atoms with van der Waals surface area (Å²) in [6, 6.07) is 4.29. The molecule has 0 saturated heterocycles. The van der Waals surface area contributed by atoms with Gasteiger partial charge in [0.25, 0.3) is 0 Å². The van der Waals surface area contributed by atoms with Crippen LogP contribution in [0, 0.1) is 5.82 Å². The fourth-order valence-electron chi connectivity index (χ4n) is 0.873. The van der Waals surface area contributed by atoms with Gasteiger partial charge in [-0.15, -0.1) is 0 Å². The van der Waals surface area contributed by atoms with Crippen molar-refractivity contribution in [3.05, 3.63) is 29.6 Å². The van der Waals surface area contributed by atoms with Crippen LogP contribution in [-0.4, -0.2) is 11.7 Å². The van der Waals surface area contributed by atoms with E-state index in [1.165, 1.54) is 12.1 Å². The van der Waals surface area contributed by atoms with Crippen molar-refractivity contribution >= 4 is 0 Å². The Bertz CT molecular complexity index is 250. The molecule has 0 unspecified atom stereocenters. The molecule has 0 bridgehead atoms. The van der Waals surface area contributed by atoms with E-state index < -0.39 is 5.82 Å². The first-order valence-electron chi connectivity index (χ1n) is 3.41. The Labute approximate surface area is 64.5 Å². The highest BCUT2D eigenvalue weighted by Gasteiger charge is 1.99. The number of rotatable bonds is 2. The minimum atomic E-state index is -0.587. The van der Waals surface area contributed by atoms with Crippen molar-refractivity contribution in [3.63, 3.8) is 0 Å². The highest BCUT2D eigenvalue weighted by Crippen LogP contribution is 2.15. The van der Waals surface area contributed by atoms with Gasteiger partial charge in [0.05, 0.1) is 0 Å². The lowest BCUT2D eigenvalue weighted by atomic mass is 10.1. The van der Waals surface area contributed by atoms with E-state index in [1.807, 2.05) is 0 Å². The molecular weight excluding hydrogens is 145 g/mol. The molecule has 0 fully saturated rings. The van der Waals surface area contributed by atoms with Gasteiger partial charge in [0.1, 0.15) is 0 Å². The number of nitrogens with two attached hydrogens (primary N) is 1. The van der Waals surface area contributed by atoms with Crippen LogP contribution in [0.1, 0.15) is 5.56 Å². The lowest BCUT2D eigenvalue weighted by Gasteiger charge is -1.99. The SMILES string of the molecule is NCCc1ccc(O)c(F)c1. The smallest absolute Gasteiger partial charge is 0.165 e. The minimum Gasteiger partial charge on any atom is -0.505 e. The molecule has 0 spiro atoms. The van der Waals surface area contributed by atoms with Gasteiger partial charge < -0.3 is 10.8 Å². The summed E-state index contributed by atoms with van der Waals surface area (Å²) in [5.74, 6) is -0.901. The van der Waals surface area contributed by atoms with Crippen molar-refractivity contribution in [3.8, 4) is 5.75 Å². The van der Waals surface area contributed by atoms with E-state index in [9.17, 15) is 4.39 Å². The molecule has 11 heavy (non-hydrogen) atoms. The first-order chi connectivity index (χ1) is 5.24. The topological polar surface area (TPSA) is 46.2 Å². The molecular formula is C8H10FNO. The number of phenolic OH excluding ortho intramolecular Hbond substituents is 1. The molecule has 1 aromatic rings. The van der Waals surface area contributed by atoms with Gasteiger partial charge in [-0.2, -0.15) is 0 Å². The van der Waals surface area contributed by atoms with E-state index in [2.05, 4.69) is 0 Å². The number of hydrogen-bond acceptors (Lipinski definition) is 2. The van der Waals surface area contributed by atoms with E-state index in [0.29, 0.717) is 13.0 Å². The zero-order valence-corrected chi connectivity index (χ0v) is 6.05. The molecule has 0 amide bonds. The minimum absolute atomic E-state index is 0.314. The molecule has 0 aromatic heterocycles. The number of hydrogen-bond donors (Lipinski definition) is 2. The Morgan fingerprint density at radius 3 is 2.73 bits per heavy atom. The third kappa shape index (κ3) is 1.91. The van der Waals surface area contributed by atoms with Crippen LogP contribution >= 0.6 is 0 Å². The molecule has 3 N–H and O–H groups in total. The summed E-state index contributed by atoms with van der Waals surface area (Å²) in [6.45, 7) is 0.490. The average molecular weight is 155 g/mol. The maximum absolute atomic E-state index is 12.6. The zero-order valence-electron chi connectivity index (χ0n) is 6.05. The summed E-state index contributed by atoms with van der Waals surface area (Å²) in [5, 5.41) is 8.81. The second kappa shape index (κ2) is 3.34. The third-order valence-corrected chi connectivity index (χ3v) is 1.45. The van der Waals surface area contributed by atoms with Gasteiger partial charge >= 0.3 is 0 Å². The summed E-state index contributed by atoms with van der Waals surface area (Å²) in [6.07, 6.45) is 0.636. The van der Waals surface area contributed by atoms with E-state index >= 15 is 0 Å². The van der Waals surface area contributed by atoms with Crippen molar-refractivity contribution in [1.29, 1.82) is 0 Å². The lowest BCUT2D eigenvalue weighted by molar-refractivity contribution is 0.432. The summed E-state index contributed by atoms with van der Waals surface area (Å²) in [5.41, 5.74) is 6.07. The summed E-state index contributed by atoms with van der Waals surface area (Å²) in [7, 11) is 0. The Morgan fingerprint density at radius 1 is 1.45 bits per heavy atom. The van der Waals surface area contributed by atoms with Crippen LogP contribution in [0.25, 0.3) is 0 Å². The van der Waals surface area contributed by atoms with Gasteiger partial charge in [0, 0.05) is 0 Å². The summed E-state index contributed by atoms with van der Waals surface area (Å²) >= 11 is 0. The van der Waals surface area contributed by atoms with Crippen molar-refractivity contribution in [1.82, 2.24) is 0 Å². The van der Waals surface area contributed by atoms with E-state index in [0.717, 1.165) is 5.56 Å². The second-order valence-corrected chi connectivity index (χ2v) is 2.32. The maximum Gasteiger partial charge on any atom is 0.165 e. The van der Waals surface area contributed by atoms with Crippen LogP contribution in [0.2, 0.25) is 0 Å². The Kier molecular flexibility index (Phi) is 2.44. The fourth-order valence-corrected chi connectivity index (χ4v) is 0.873. The number of benzene rings is 1. The summed E-state index contributed by atoms with van der Waals surface area (Å²) in [4.78, 5) is 0. The number of halogens is 1. The predicted octanol–water partition coefficient (Wildman–Crippen LogP) is 1.03. The largest absolute Gasteiger partial charge is 0.505 e. The molecule has 2 nitrogen and oxygen atoms in total. The maximum atomic E-state index is 12.6. The first kappa shape index (κ1) is 8.01. The van der Waals surface area contributed by atoms with Crippen LogP contribution in [0.4, 0.5) is 4.39 Å². The Hall–Kier alpha value is -1.09. The van der Waals surface area contributed by atoms with Gasteiger partial charge in [-0.25, -0.2) is 4.39 Å². The van der Waals surface area contributed by atoms with Crippen LogP contribution in [0.3, 0.4) is 0 Å².